The molecular formula is C17H21N7. The zero-order valence-electron chi connectivity index (χ0n) is 13.8. The van der Waals surface area contributed by atoms with Gasteiger partial charge in [-0.15, -0.1) is 5.10 Å². The maximum Gasteiger partial charge on any atom is 0.223 e. The van der Waals surface area contributed by atoms with Crippen molar-refractivity contribution in [3.63, 3.8) is 0 Å². The maximum absolute atomic E-state index is 6.10. The Morgan fingerprint density at radius 1 is 1.12 bits per heavy atom. The lowest BCUT2D eigenvalue weighted by Crippen LogP contribution is -2.29. The lowest BCUT2D eigenvalue weighted by molar-refractivity contribution is 0.332. The molecule has 1 aliphatic rings. The van der Waals surface area contributed by atoms with Gasteiger partial charge in [0.25, 0.3) is 0 Å². The lowest BCUT2D eigenvalue weighted by atomic mass is 9.72. The lowest BCUT2D eigenvalue weighted by Gasteiger charge is -2.33. The fourth-order valence-electron chi connectivity index (χ4n) is 3.12. The van der Waals surface area contributed by atoms with Crippen LogP contribution in [-0.2, 0) is 5.54 Å². The van der Waals surface area contributed by atoms with Crippen LogP contribution in [0.2, 0.25) is 0 Å². The minimum atomic E-state index is -0.359. The first-order valence-electron chi connectivity index (χ1n) is 8.14. The monoisotopic (exact) mass is 323 g/mol. The molecule has 124 valence electrons. The van der Waals surface area contributed by atoms with Crippen molar-refractivity contribution in [2.45, 2.75) is 44.1 Å². The van der Waals surface area contributed by atoms with Crippen LogP contribution < -0.4 is 11.5 Å². The zero-order valence-corrected chi connectivity index (χ0v) is 13.8. The van der Waals surface area contributed by atoms with Crippen LogP contribution >= 0.6 is 0 Å². The molecule has 0 unspecified atom stereocenters. The van der Waals surface area contributed by atoms with Gasteiger partial charge in [-0.2, -0.15) is 4.52 Å². The van der Waals surface area contributed by atoms with Gasteiger partial charge in [0.2, 0.25) is 5.95 Å². The van der Waals surface area contributed by atoms with Crippen LogP contribution in [0.4, 0.5) is 5.95 Å². The number of fused-ring (bicyclic) bond motifs is 1. The van der Waals surface area contributed by atoms with E-state index in [0.29, 0.717) is 17.8 Å². The van der Waals surface area contributed by atoms with Crippen molar-refractivity contribution in [3.05, 3.63) is 47.7 Å². The highest BCUT2D eigenvalue weighted by Crippen LogP contribution is 2.46. The summed E-state index contributed by atoms with van der Waals surface area (Å²) in [6, 6.07) is 5.98. The SMILES string of the molecule is CC(C)(N)c1ccc(C2CC(c3nc4ccnc(N)n4n3)C2)nc1. The fourth-order valence-corrected chi connectivity index (χ4v) is 3.12. The van der Waals surface area contributed by atoms with Crippen molar-refractivity contribution in [3.8, 4) is 0 Å². The third-order valence-electron chi connectivity index (χ3n) is 4.75. The smallest absolute Gasteiger partial charge is 0.223 e. The first-order chi connectivity index (χ1) is 11.4. The van der Waals surface area contributed by atoms with E-state index in [4.69, 9.17) is 11.5 Å². The number of pyridine rings is 1. The van der Waals surface area contributed by atoms with Gasteiger partial charge in [0.05, 0.1) is 0 Å². The largest absolute Gasteiger partial charge is 0.368 e. The number of rotatable bonds is 3. The van der Waals surface area contributed by atoms with Crippen LogP contribution in [0.5, 0.6) is 0 Å². The molecule has 4 N–H and O–H groups in total. The van der Waals surface area contributed by atoms with Gasteiger partial charge < -0.3 is 11.5 Å². The summed E-state index contributed by atoms with van der Waals surface area (Å²) in [5.74, 6) is 2.00. The van der Waals surface area contributed by atoms with Crippen molar-refractivity contribution < 1.29 is 0 Å². The van der Waals surface area contributed by atoms with Gasteiger partial charge in [0.15, 0.2) is 11.5 Å². The van der Waals surface area contributed by atoms with E-state index in [2.05, 4.69) is 32.2 Å². The molecule has 0 amide bonds. The first-order valence-corrected chi connectivity index (χ1v) is 8.14. The number of nitrogens with two attached hydrogens (primary N) is 2. The van der Waals surface area contributed by atoms with Crippen molar-refractivity contribution in [2.75, 3.05) is 5.73 Å². The molecule has 0 atom stereocenters. The molecule has 1 fully saturated rings. The predicted molar refractivity (Wildman–Crippen MR) is 91.4 cm³/mol. The Hall–Kier alpha value is -2.54. The summed E-state index contributed by atoms with van der Waals surface area (Å²) in [5.41, 5.74) is 14.5. The fraction of sp³-hybridized carbons (Fsp3) is 0.412. The van der Waals surface area contributed by atoms with Crippen LogP contribution in [0.15, 0.2) is 30.6 Å². The molecule has 3 aromatic rings. The summed E-state index contributed by atoms with van der Waals surface area (Å²) in [5, 5.41) is 4.49. The van der Waals surface area contributed by atoms with Gasteiger partial charge in [-0.05, 0) is 38.3 Å². The second-order valence-electron chi connectivity index (χ2n) is 7.10. The number of hydrogen-bond donors (Lipinski definition) is 2. The molecule has 3 heterocycles. The number of nitrogen functional groups attached to an aromatic ring is 1. The van der Waals surface area contributed by atoms with E-state index in [-0.39, 0.29) is 5.54 Å². The molecule has 0 aliphatic heterocycles. The molecular weight excluding hydrogens is 302 g/mol. The van der Waals surface area contributed by atoms with Gasteiger partial charge >= 0.3 is 0 Å². The van der Waals surface area contributed by atoms with E-state index < -0.39 is 0 Å². The highest BCUT2D eigenvalue weighted by molar-refractivity contribution is 5.42. The summed E-state index contributed by atoms with van der Waals surface area (Å²) in [6.45, 7) is 3.97. The van der Waals surface area contributed by atoms with E-state index in [0.717, 1.165) is 35.6 Å². The van der Waals surface area contributed by atoms with Crippen LogP contribution in [0.3, 0.4) is 0 Å². The van der Waals surface area contributed by atoms with E-state index in [1.54, 1.807) is 10.7 Å². The summed E-state index contributed by atoms with van der Waals surface area (Å²) in [7, 11) is 0. The second kappa shape index (κ2) is 5.24. The third kappa shape index (κ3) is 2.50. The molecule has 0 saturated heterocycles. The van der Waals surface area contributed by atoms with Crippen molar-refractivity contribution in [1.82, 2.24) is 24.6 Å². The number of aromatic nitrogens is 5. The van der Waals surface area contributed by atoms with Gasteiger partial charge in [-0.1, -0.05) is 6.07 Å². The topological polar surface area (TPSA) is 108 Å². The van der Waals surface area contributed by atoms with Crippen LogP contribution in [0.1, 0.15) is 55.6 Å². The molecule has 7 nitrogen and oxygen atoms in total. The van der Waals surface area contributed by atoms with Crippen LogP contribution in [-0.4, -0.2) is 24.6 Å². The average molecular weight is 323 g/mol. The second-order valence-corrected chi connectivity index (χ2v) is 7.10. The standard InChI is InChI=1S/C17H21N7/c1-17(2,19)12-3-4-13(21-9-12)10-7-11(8-10)15-22-14-5-6-20-16(18)24(14)23-15/h3-6,9-11H,7-8,19H2,1-2H3,(H2,18,20). The molecule has 1 aliphatic carbocycles. The molecule has 4 rings (SSSR count). The number of nitrogens with zero attached hydrogens (tertiary/aromatic N) is 5. The molecule has 0 aromatic carbocycles. The molecule has 24 heavy (non-hydrogen) atoms. The Kier molecular flexibility index (Phi) is 3.28. The minimum Gasteiger partial charge on any atom is -0.368 e. The molecule has 0 bridgehead atoms. The Labute approximate surface area is 140 Å². The number of anilines is 1. The van der Waals surface area contributed by atoms with Crippen LogP contribution in [0.25, 0.3) is 5.65 Å². The van der Waals surface area contributed by atoms with Crippen molar-refractivity contribution in [2.24, 2.45) is 5.73 Å². The van der Waals surface area contributed by atoms with Gasteiger partial charge in [-0.25, -0.2) is 9.97 Å². The van der Waals surface area contributed by atoms with E-state index >= 15 is 0 Å². The highest BCUT2D eigenvalue weighted by Gasteiger charge is 2.35. The third-order valence-corrected chi connectivity index (χ3v) is 4.75. The summed E-state index contributed by atoms with van der Waals surface area (Å²) in [6.07, 6.45) is 5.54. The Morgan fingerprint density at radius 3 is 2.54 bits per heavy atom. The van der Waals surface area contributed by atoms with Crippen molar-refractivity contribution >= 4 is 11.6 Å². The van der Waals surface area contributed by atoms with Crippen molar-refractivity contribution in [1.29, 1.82) is 0 Å². The molecule has 0 radical (unpaired) electrons. The quantitative estimate of drug-likeness (QED) is 0.762. The summed E-state index contributed by atoms with van der Waals surface area (Å²) < 4.78 is 1.60. The van der Waals surface area contributed by atoms with Gasteiger partial charge in [-0.3, -0.25) is 4.98 Å². The zero-order chi connectivity index (χ0) is 16.9. The van der Waals surface area contributed by atoms with E-state index in [9.17, 15) is 0 Å². The van der Waals surface area contributed by atoms with Crippen LogP contribution in [0, 0.1) is 0 Å². The molecule has 1 saturated carbocycles. The Bertz CT molecular complexity index is 870. The number of hydrogen-bond acceptors (Lipinski definition) is 6. The molecule has 0 spiro atoms. The average Bonchev–Trinajstić information content (AvgIpc) is 2.90. The van der Waals surface area contributed by atoms with E-state index in [1.807, 2.05) is 26.1 Å². The summed E-state index contributed by atoms with van der Waals surface area (Å²) >= 11 is 0. The first kappa shape index (κ1) is 15.0. The van der Waals surface area contributed by atoms with E-state index in [1.165, 1.54) is 0 Å². The highest BCUT2D eigenvalue weighted by atomic mass is 15.3. The molecule has 7 heteroatoms. The normalized spacial score (nSPS) is 21.0. The summed E-state index contributed by atoms with van der Waals surface area (Å²) in [4.78, 5) is 13.2. The minimum absolute atomic E-state index is 0.349. The predicted octanol–water partition coefficient (Wildman–Crippen LogP) is 1.96. The Morgan fingerprint density at radius 2 is 1.92 bits per heavy atom. The molecule has 3 aromatic heterocycles. The maximum atomic E-state index is 6.10. The Balaban J connectivity index is 1.48. The van der Waals surface area contributed by atoms with Gasteiger partial charge in [0, 0.05) is 41.5 Å². The van der Waals surface area contributed by atoms with Gasteiger partial charge in [0.1, 0.15) is 0 Å².